The number of ether oxygens (including phenoxy) is 1. The van der Waals surface area contributed by atoms with Crippen LogP contribution in [0.4, 0.5) is 38.0 Å². The van der Waals surface area contributed by atoms with E-state index in [-0.39, 0.29) is 29.5 Å². The average Bonchev–Trinajstić information content (AvgIpc) is 3.07. The van der Waals surface area contributed by atoms with Gasteiger partial charge in [0.05, 0.1) is 11.4 Å². The minimum Gasteiger partial charge on any atom is -0.409 e. The van der Waals surface area contributed by atoms with E-state index in [1.165, 1.54) is 17.2 Å². The standard InChI is InChI=1S/C38H46FN7O3/c1-7-27(4)41-35(47)17-14-29-12-9-13-31(22-29)46(38(48)49-36-25(2)10-8-11-26(36)3)34-18-19-40-37(43-34)42-30-15-16-33(32(39)23-30)45-21-20-44(6)28(5)24-45/h8-13,15-16,18-19,22-23,27-28H,7,14,17,20-21,24H2,1-6H3,(H,41,47)(H,40,42,43). The summed E-state index contributed by atoms with van der Waals surface area (Å²) in [4.78, 5) is 41.2. The van der Waals surface area contributed by atoms with Crippen molar-refractivity contribution in [3.8, 4) is 5.75 Å². The Kier molecular flexibility index (Phi) is 11.5. The molecule has 1 aliphatic heterocycles. The third-order valence-electron chi connectivity index (χ3n) is 8.98. The molecule has 11 heteroatoms. The summed E-state index contributed by atoms with van der Waals surface area (Å²) < 4.78 is 21.4. The van der Waals surface area contributed by atoms with Crippen molar-refractivity contribution in [2.75, 3.05) is 41.8 Å². The summed E-state index contributed by atoms with van der Waals surface area (Å²) in [6.07, 6.45) is 2.52. The number of carbonyl (C=O) groups excluding carboxylic acids is 2. The molecule has 2 unspecified atom stereocenters. The van der Waals surface area contributed by atoms with Crippen LogP contribution in [0.1, 0.15) is 50.3 Å². The normalized spacial score (nSPS) is 15.4. The van der Waals surface area contributed by atoms with Crippen LogP contribution in [-0.4, -0.2) is 65.6 Å². The number of hydrogen-bond donors (Lipinski definition) is 2. The number of likely N-dealkylation sites (N-methyl/N-ethyl adjacent to an activating group) is 1. The average molecular weight is 668 g/mol. The molecule has 1 aliphatic rings. The summed E-state index contributed by atoms with van der Waals surface area (Å²) in [6.45, 7) is 12.2. The number of nitrogens with one attached hydrogen (secondary N) is 2. The highest BCUT2D eigenvalue weighted by Crippen LogP contribution is 2.31. The molecule has 0 radical (unpaired) electrons. The highest BCUT2D eigenvalue weighted by atomic mass is 19.1. The van der Waals surface area contributed by atoms with Crippen LogP contribution >= 0.6 is 0 Å². The number of benzene rings is 3. The van der Waals surface area contributed by atoms with Crippen LogP contribution in [-0.2, 0) is 11.2 Å². The van der Waals surface area contributed by atoms with E-state index in [0.717, 1.165) is 42.7 Å². The Balaban J connectivity index is 1.41. The first-order valence-corrected chi connectivity index (χ1v) is 16.8. The van der Waals surface area contributed by atoms with E-state index in [1.54, 1.807) is 24.3 Å². The van der Waals surface area contributed by atoms with Crippen LogP contribution < -0.4 is 25.2 Å². The molecule has 2 atom stereocenters. The van der Waals surface area contributed by atoms with Crippen molar-refractivity contribution in [3.63, 3.8) is 0 Å². The van der Waals surface area contributed by atoms with Crippen molar-refractivity contribution in [1.29, 1.82) is 0 Å². The summed E-state index contributed by atoms with van der Waals surface area (Å²) in [5, 5.41) is 6.09. The van der Waals surface area contributed by atoms with Crippen molar-refractivity contribution in [3.05, 3.63) is 95.4 Å². The minimum absolute atomic E-state index is 0.0277. The molecule has 2 amide bonds. The smallest absolute Gasteiger partial charge is 0.409 e. The van der Waals surface area contributed by atoms with Crippen molar-refractivity contribution >= 4 is 40.8 Å². The van der Waals surface area contributed by atoms with E-state index in [1.807, 2.05) is 64.1 Å². The van der Waals surface area contributed by atoms with E-state index >= 15 is 4.39 Å². The zero-order valence-corrected chi connectivity index (χ0v) is 29.2. The van der Waals surface area contributed by atoms with Gasteiger partial charge in [0.1, 0.15) is 17.4 Å². The predicted octanol–water partition coefficient (Wildman–Crippen LogP) is 7.30. The number of nitrogens with zero attached hydrogens (tertiary/aromatic N) is 5. The van der Waals surface area contributed by atoms with E-state index in [9.17, 15) is 9.59 Å². The van der Waals surface area contributed by atoms with Crippen molar-refractivity contribution in [2.45, 2.75) is 66.0 Å². The Morgan fingerprint density at radius 3 is 2.53 bits per heavy atom. The highest BCUT2D eigenvalue weighted by molar-refractivity contribution is 5.96. The largest absolute Gasteiger partial charge is 0.425 e. The zero-order chi connectivity index (χ0) is 35.1. The summed E-state index contributed by atoms with van der Waals surface area (Å²) >= 11 is 0. The van der Waals surface area contributed by atoms with Crippen LogP contribution in [0.3, 0.4) is 0 Å². The Bertz CT molecular complexity index is 1760. The fourth-order valence-electron chi connectivity index (χ4n) is 5.75. The lowest BCUT2D eigenvalue weighted by atomic mass is 10.1. The van der Waals surface area contributed by atoms with E-state index in [2.05, 4.69) is 44.4 Å². The monoisotopic (exact) mass is 667 g/mol. The Hall–Kier alpha value is -5.03. The first-order chi connectivity index (χ1) is 23.5. The van der Waals surface area contributed by atoms with Crippen molar-refractivity contribution in [2.24, 2.45) is 0 Å². The Morgan fingerprint density at radius 1 is 1.06 bits per heavy atom. The molecule has 1 fully saturated rings. The van der Waals surface area contributed by atoms with Crippen LogP contribution in [0.15, 0.2) is 72.9 Å². The van der Waals surface area contributed by atoms with Gasteiger partial charge in [0.25, 0.3) is 0 Å². The first kappa shape index (κ1) is 35.3. The van der Waals surface area contributed by atoms with Gasteiger partial charge in [0.15, 0.2) is 0 Å². The van der Waals surface area contributed by atoms with Gasteiger partial charge < -0.3 is 25.2 Å². The molecule has 258 valence electrons. The number of aromatic nitrogens is 2. The number of carbonyl (C=O) groups is 2. The van der Waals surface area contributed by atoms with Crippen molar-refractivity contribution in [1.82, 2.24) is 20.2 Å². The molecule has 2 N–H and O–H groups in total. The Labute approximate surface area is 288 Å². The molecule has 0 aliphatic carbocycles. The van der Waals surface area contributed by atoms with Gasteiger partial charge in [-0.1, -0.05) is 37.3 Å². The number of aryl methyl sites for hydroxylation is 3. The lowest BCUT2D eigenvalue weighted by molar-refractivity contribution is -0.121. The van der Waals surface area contributed by atoms with Gasteiger partial charge in [-0.25, -0.2) is 19.1 Å². The maximum absolute atomic E-state index is 15.4. The van der Waals surface area contributed by atoms with Crippen molar-refractivity contribution < 1.29 is 18.7 Å². The number of hydrogen-bond acceptors (Lipinski definition) is 8. The second kappa shape index (κ2) is 15.9. The SMILES string of the molecule is CCC(C)NC(=O)CCc1cccc(N(C(=O)Oc2c(C)cccc2C)c2ccnc(Nc3ccc(N4CCN(C)C(C)C4)c(F)c3)n2)c1. The highest BCUT2D eigenvalue weighted by Gasteiger charge is 2.25. The van der Waals surface area contributed by atoms with E-state index in [4.69, 9.17) is 4.74 Å². The number of rotatable bonds is 11. The molecular formula is C38H46FN7O3. The molecule has 1 aromatic heterocycles. The molecule has 5 rings (SSSR count). The second-order valence-electron chi connectivity index (χ2n) is 12.8. The lowest BCUT2D eigenvalue weighted by Crippen LogP contribution is -2.50. The van der Waals surface area contributed by atoms with Gasteiger partial charge in [-0.3, -0.25) is 4.79 Å². The quantitative estimate of drug-likeness (QED) is 0.172. The van der Waals surface area contributed by atoms with E-state index < -0.39 is 6.09 Å². The zero-order valence-electron chi connectivity index (χ0n) is 29.2. The third-order valence-corrected chi connectivity index (χ3v) is 8.98. The van der Waals surface area contributed by atoms with Gasteiger partial charge >= 0.3 is 6.09 Å². The molecule has 0 spiro atoms. The summed E-state index contributed by atoms with van der Waals surface area (Å²) in [7, 11) is 2.08. The fourth-order valence-corrected chi connectivity index (χ4v) is 5.75. The number of halogens is 1. The van der Waals surface area contributed by atoms with Crippen LogP contribution in [0, 0.1) is 19.7 Å². The molecule has 49 heavy (non-hydrogen) atoms. The molecular weight excluding hydrogens is 621 g/mol. The number of para-hydroxylation sites is 1. The maximum Gasteiger partial charge on any atom is 0.425 e. The molecule has 1 saturated heterocycles. The molecule has 3 aromatic carbocycles. The summed E-state index contributed by atoms with van der Waals surface area (Å²) in [5.41, 5.74) is 4.05. The predicted molar refractivity (Wildman–Crippen MR) is 193 cm³/mol. The van der Waals surface area contributed by atoms with Crippen LogP contribution in [0.25, 0.3) is 0 Å². The number of amides is 2. The molecule has 2 heterocycles. The fraction of sp³-hybridized carbons (Fsp3) is 0.368. The third kappa shape index (κ3) is 8.91. The molecule has 0 saturated carbocycles. The van der Waals surface area contributed by atoms with E-state index in [0.29, 0.717) is 41.7 Å². The van der Waals surface area contributed by atoms with Gasteiger partial charge in [0.2, 0.25) is 11.9 Å². The summed E-state index contributed by atoms with van der Waals surface area (Å²) in [6, 6.07) is 20.1. The Morgan fingerprint density at radius 2 is 1.82 bits per heavy atom. The molecule has 4 aromatic rings. The molecule has 10 nitrogen and oxygen atoms in total. The minimum atomic E-state index is -0.662. The second-order valence-corrected chi connectivity index (χ2v) is 12.8. The van der Waals surface area contributed by atoms with Gasteiger partial charge in [-0.15, -0.1) is 0 Å². The van der Waals surface area contributed by atoms with Crippen LogP contribution in [0.2, 0.25) is 0 Å². The number of piperazine rings is 1. The lowest BCUT2D eigenvalue weighted by Gasteiger charge is -2.39. The van der Waals surface area contributed by atoms with Crippen LogP contribution in [0.5, 0.6) is 5.75 Å². The molecule has 0 bridgehead atoms. The maximum atomic E-state index is 15.4. The topological polar surface area (TPSA) is 103 Å². The summed E-state index contributed by atoms with van der Waals surface area (Å²) in [5.74, 6) is 0.532. The van der Waals surface area contributed by atoms with Gasteiger partial charge in [-0.2, -0.15) is 4.98 Å². The van der Waals surface area contributed by atoms with Gasteiger partial charge in [0, 0.05) is 56.1 Å². The van der Waals surface area contributed by atoms with Gasteiger partial charge in [-0.05, 0) is 94.6 Å². The first-order valence-electron chi connectivity index (χ1n) is 16.8. The number of anilines is 5.